The summed E-state index contributed by atoms with van der Waals surface area (Å²) in [5.74, 6) is 0.676. The summed E-state index contributed by atoms with van der Waals surface area (Å²) in [5, 5.41) is 25.5. The Morgan fingerprint density at radius 1 is 1.22 bits per heavy atom. The minimum absolute atomic E-state index is 0.0135. The summed E-state index contributed by atoms with van der Waals surface area (Å²) in [5.41, 5.74) is 9.21. The van der Waals surface area contributed by atoms with E-state index < -0.39 is 5.91 Å². The average Bonchev–Trinajstić information content (AvgIpc) is 3.30. The van der Waals surface area contributed by atoms with Crippen LogP contribution in [0.25, 0.3) is 16.9 Å². The number of pyridine rings is 1. The second-order valence-electron chi connectivity index (χ2n) is 9.65. The number of piperidine rings is 1. The summed E-state index contributed by atoms with van der Waals surface area (Å²) in [6.45, 7) is 7.66. The van der Waals surface area contributed by atoms with Crippen molar-refractivity contribution in [3.05, 3.63) is 59.7 Å². The first-order valence-electron chi connectivity index (χ1n) is 11.6. The molecule has 3 N–H and O–H groups in total. The highest BCUT2D eigenvalue weighted by Gasteiger charge is 2.37. The minimum Gasteiger partial charge on any atom is -0.366 e. The highest BCUT2D eigenvalue weighted by Crippen LogP contribution is 2.34. The zero-order chi connectivity index (χ0) is 25.4. The topological polar surface area (TPSA) is 151 Å². The van der Waals surface area contributed by atoms with Crippen LogP contribution in [0, 0.1) is 23.7 Å². The van der Waals surface area contributed by atoms with Gasteiger partial charge in [0.15, 0.2) is 17.2 Å². The number of nitrogens with one attached hydrogen (secondary N) is 1. The van der Waals surface area contributed by atoms with Crippen molar-refractivity contribution < 1.29 is 4.79 Å². The molecule has 1 atom stereocenters. The van der Waals surface area contributed by atoms with Crippen molar-refractivity contribution in [1.82, 2.24) is 29.8 Å². The lowest BCUT2D eigenvalue weighted by Crippen LogP contribution is -2.52. The SMILES string of the molecule is Cc1cc(-c2cc3ncc(C(N)=O)c(N[C@@H]4CCN(c5ccc(C#N)nn5)CC4(C)C)n3n2)ccn1. The van der Waals surface area contributed by atoms with E-state index in [1.54, 1.807) is 16.8 Å². The lowest BCUT2D eigenvalue weighted by molar-refractivity contribution is 0.1000. The van der Waals surface area contributed by atoms with E-state index in [1.165, 1.54) is 6.20 Å². The molecule has 11 nitrogen and oxygen atoms in total. The summed E-state index contributed by atoms with van der Waals surface area (Å²) >= 11 is 0. The Labute approximate surface area is 208 Å². The van der Waals surface area contributed by atoms with Crippen LogP contribution in [0.3, 0.4) is 0 Å². The number of fused-ring (bicyclic) bond motifs is 1. The van der Waals surface area contributed by atoms with Crippen LogP contribution >= 0.6 is 0 Å². The standard InChI is InChI=1S/C25H26N10O/c1-15-10-16(6-8-28-15)19-11-22-29-13-18(23(27)36)24(35(22)33-19)30-20-7-9-34(14-25(20,2)3)21-5-4-17(12-26)31-32-21/h4-6,8,10-11,13,20,30H,7,9,14H2,1-3H3,(H2,27,36)/t20-/m1/s1. The van der Waals surface area contributed by atoms with Crippen molar-refractivity contribution >= 4 is 23.2 Å². The van der Waals surface area contributed by atoms with Crippen LogP contribution < -0.4 is 16.0 Å². The summed E-state index contributed by atoms with van der Waals surface area (Å²) in [6.07, 6.45) is 4.01. The van der Waals surface area contributed by atoms with Gasteiger partial charge in [-0.1, -0.05) is 13.8 Å². The highest BCUT2D eigenvalue weighted by atomic mass is 16.1. The Balaban J connectivity index is 1.47. The van der Waals surface area contributed by atoms with Crippen LogP contribution in [0.2, 0.25) is 0 Å². The lowest BCUT2D eigenvalue weighted by Gasteiger charge is -2.45. The van der Waals surface area contributed by atoms with Gasteiger partial charge in [0.05, 0.1) is 11.3 Å². The molecule has 36 heavy (non-hydrogen) atoms. The zero-order valence-corrected chi connectivity index (χ0v) is 20.3. The molecule has 4 aromatic heterocycles. The molecule has 11 heteroatoms. The average molecular weight is 483 g/mol. The van der Waals surface area contributed by atoms with Gasteiger partial charge in [-0.25, -0.2) is 4.98 Å². The second-order valence-corrected chi connectivity index (χ2v) is 9.65. The monoisotopic (exact) mass is 482 g/mol. The molecule has 0 spiro atoms. The maximum Gasteiger partial charge on any atom is 0.254 e. The van der Waals surface area contributed by atoms with E-state index >= 15 is 0 Å². The molecule has 0 aromatic carbocycles. The van der Waals surface area contributed by atoms with Gasteiger partial charge in [-0.3, -0.25) is 9.78 Å². The molecule has 0 aliphatic carbocycles. The van der Waals surface area contributed by atoms with Gasteiger partial charge < -0.3 is 16.0 Å². The Morgan fingerprint density at radius 3 is 2.72 bits per heavy atom. The first-order chi connectivity index (χ1) is 17.2. The number of hydrogen-bond donors (Lipinski definition) is 2. The van der Waals surface area contributed by atoms with Gasteiger partial charge in [0.25, 0.3) is 5.91 Å². The minimum atomic E-state index is -0.577. The summed E-state index contributed by atoms with van der Waals surface area (Å²) in [7, 11) is 0. The van der Waals surface area contributed by atoms with Gasteiger partial charge in [0.2, 0.25) is 0 Å². The molecule has 182 valence electrons. The fraction of sp³-hybridized carbons (Fsp3) is 0.320. The Kier molecular flexibility index (Phi) is 5.72. The maximum atomic E-state index is 12.3. The molecular formula is C25H26N10O. The van der Waals surface area contributed by atoms with Crippen molar-refractivity contribution in [2.24, 2.45) is 11.1 Å². The van der Waals surface area contributed by atoms with E-state index in [4.69, 9.17) is 16.1 Å². The fourth-order valence-electron chi connectivity index (χ4n) is 4.64. The first kappa shape index (κ1) is 23.2. The third-order valence-corrected chi connectivity index (χ3v) is 6.57. The number of nitrogens with two attached hydrogens (primary N) is 1. The summed E-state index contributed by atoms with van der Waals surface area (Å²) in [6, 6.07) is 11.2. The van der Waals surface area contributed by atoms with E-state index in [0.717, 1.165) is 35.7 Å². The number of aryl methyl sites for hydroxylation is 1. The lowest BCUT2D eigenvalue weighted by atomic mass is 9.79. The molecule has 0 bridgehead atoms. The molecule has 5 heterocycles. The quantitative estimate of drug-likeness (QED) is 0.437. The molecule has 4 aromatic rings. The summed E-state index contributed by atoms with van der Waals surface area (Å²) < 4.78 is 1.65. The van der Waals surface area contributed by atoms with Gasteiger partial charge >= 0.3 is 0 Å². The number of amides is 1. The van der Waals surface area contributed by atoms with Crippen molar-refractivity contribution in [2.45, 2.75) is 33.2 Å². The highest BCUT2D eigenvalue weighted by molar-refractivity contribution is 5.97. The predicted molar refractivity (Wildman–Crippen MR) is 134 cm³/mol. The molecule has 0 saturated carbocycles. The number of anilines is 2. The molecule has 1 aliphatic rings. The van der Waals surface area contributed by atoms with Crippen LogP contribution in [0.15, 0.2) is 42.7 Å². The van der Waals surface area contributed by atoms with E-state index in [-0.39, 0.29) is 22.7 Å². The second kappa shape index (κ2) is 8.88. The normalized spacial score (nSPS) is 17.1. The predicted octanol–water partition coefficient (Wildman–Crippen LogP) is 2.58. The van der Waals surface area contributed by atoms with E-state index in [2.05, 4.69) is 44.2 Å². The zero-order valence-electron chi connectivity index (χ0n) is 20.3. The maximum absolute atomic E-state index is 12.3. The van der Waals surface area contributed by atoms with Crippen LogP contribution in [0.4, 0.5) is 11.6 Å². The smallest absolute Gasteiger partial charge is 0.254 e. The van der Waals surface area contributed by atoms with Crippen molar-refractivity contribution in [2.75, 3.05) is 23.3 Å². The third-order valence-electron chi connectivity index (χ3n) is 6.57. The Hall–Kier alpha value is -4.59. The molecule has 0 radical (unpaired) electrons. The molecule has 5 rings (SSSR count). The largest absolute Gasteiger partial charge is 0.366 e. The molecule has 0 unspecified atom stereocenters. The summed E-state index contributed by atoms with van der Waals surface area (Å²) in [4.78, 5) is 23.2. The third kappa shape index (κ3) is 4.29. The van der Waals surface area contributed by atoms with Crippen molar-refractivity contribution in [1.29, 1.82) is 5.26 Å². The van der Waals surface area contributed by atoms with Gasteiger partial charge in [-0.2, -0.15) is 14.9 Å². The number of nitriles is 1. The Bertz CT molecular complexity index is 1490. The van der Waals surface area contributed by atoms with Crippen LogP contribution in [-0.2, 0) is 0 Å². The number of primary amides is 1. The van der Waals surface area contributed by atoms with Crippen molar-refractivity contribution in [3.8, 4) is 17.3 Å². The molecular weight excluding hydrogens is 456 g/mol. The van der Waals surface area contributed by atoms with Gasteiger partial charge in [-0.05, 0) is 37.6 Å². The van der Waals surface area contributed by atoms with Gasteiger partial charge in [-0.15, -0.1) is 10.2 Å². The number of aromatic nitrogens is 6. The van der Waals surface area contributed by atoms with E-state index in [0.29, 0.717) is 18.0 Å². The van der Waals surface area contributed by atoms with E-state index in [9.17, 15) is 4.79 Å². The number of hydrogen-bond acceptors (Lipinski definition) is 9. The van der Waals surface area contributed by atoms with Crippen LogP contribution in [-0.4, -0.2) is 54.8 Å². The molecule has 1 saturated heterocycles. The molecule has 1 fully saturated rings. The Morgan fingerprint density at radius 2 is 2.06 bits per heavy atom. The van der Waals surface area contributed by atoms with E-state index in [1.807, 2.05) is 37.3 Å². The van der Waals surface area contributed by atoms with Crippen LogP contribution in [0.1, 0.15) is 42.0 Å². The fourth-order valence-corrected chi connectivity index (χ4v) is 4.64. The number of rotatable bonds is 5. The number of nitrogens with zero attached hydrogens (tertiary/aromatic N) is 8. The number of carbonyl (C=O) groups is 1. The van der Waals surface area contributed by atoms with Crippen molar-refractivity contribution in [3.63, 3.8) is 0 Å². The number of carbonyl (C=O) groups excluding carboxylic acids is 1. The molecule has 1 amide bonds. The van der Waals surface area contributed by atoms with Crippen LogP contribution in [0.5, 0.6) is 0 Å². The van der Waals surface area contributed by atoms with Gasteiger partial charge in [0, 0.05) is 54.3 Å². The molecule has 1 aliphatic heterocycles. The first-order valence-corrected chi connectivity index (χ1v) is 11.6. The van der Waals surface area contributed by atoms with Gasteiger partial charge in [0.1, 0.15) is 11.9 Å².